The summed E-state index contributed by atoms with van der Waals surface area (Å²) in [6, 6.07) is 22.0. The molecule has 0 aliphatic carbocycles. The van der Waals surface area contributed by atoms with Gasteiger partial charge in [0.25, 0.3) is 0 Å². The summed E-state index contributed by atoms with van der Waals surface area (Å²) >= 11 is 3.50. The van der Waals surface area contributed by atoms with E-state index in [0.717, 1.165) is 43.2 Å². The van der Waals surface area contributed by atoms with Gasteiger partial charge >= 0.3 is 6.09 Å². The van der Waals surface area contributed by atoms with Gasteiger partial charge in [-0.3, -0.25) is 14.5 Å². The van der Waals surface area contributed by atoms with Gasteiger partial charge in [0, 0.05) is 21.7 Å². The second-order valence-electron chi connectivity index (χ2n) is 9.68. The van der Waals surface area contributed by atoms with Crippen LogP contribution in [-0.4, -0.2) is 25.4 Å². The number of aromatic nitrogens is 3. The SMILES string of the molecule is Cc1cccc2c1n(-c1ccc(Br)cc1)c(=N)n2Cc1cccc2c1ccn2C(=O)OC(C)(C)C. The first kappa shape index (κ1) is 23.2. The molecular weight excluding hydrogens is 504 g/mol. The van der Waals surface area contributed by atoms with E-state index in [9.17, 15) is 4.79 Å². The van der Waals surface area contributed by atoms with Crippen molar-refractivity contribution in [2.24, 2.45) is 0 Å². The molecular formula is C28H27BrN4O2. The molecule has 0 fully saturated rings. The van der Waals surface area contributed by atoms with Crippen LogP contribution < -0.4 is 5.62 Å². The van der Waals surface area contributed by atoms with Crippen molar-refractivity contribution in [1.82, 2.24) is 13.7 Å². The molecule has 0 saturated heterocycles. The van der Waals surface area contributed by atoms with E-state index in [2.05, 4.69) is 35.0 Å². The molecule has 0 amide bonds. The summed E-state index contributed by atoms with van der Waals surface area (Å²) in [6.45, 7) is 8.15. The molecule has 35 heavy (non-hydrogen) atoms. The van der Waals surface area contributed by atoms with Gasteiger partial charge in [0.15, 0.2) is 0 Å². The molecule has 0 bridgehead atoms. The number of halogens is 1. The Balaban J connectivity index is 1.64. The van der Waals surface area contributed by atoms with Crippen LogP contribution in [0.4, 0.5) is 4.79 Å². The highest BCUT2D eigenvalue weighted by Crippen LogP contribution is 2.26. The van der Waals surface area contributed by atoms with Crippen molar-refractivity contribution < 1.29 is 9.53 Å². The lowest BCUT2D eigenvalue weighted by Gasteiger charge is -2.19. The maximum atomic E-state index is 12.8. The maximum absolute atomic E-state index is 12.8. The second-order valence-corrected chi connectivity index (χ2v) is 10.6. The number of hydrogen-bond acceptors (Lipinski definition) is 3. The number of ether oxygens (including phenoxy) is 1. The van der Waals surface area contributed by atoms with Gasteiger partial charge in [0.05, 0.1) is 23.1 Å². The van der Waals surface area contributed by atoms with Crippen molar-refractivity contribution in [3.05, 3.63) is 94.1 Å². The van der Waals surface area contributed by atoms with Crippen LogP contribution in [-0.2, 0) is 11.3 Å². The quantitative estimate of drug-likeness (QED) is 0.279. The molecule has 6 nitrogen and oxygen atoms in total. The number of aryl methyl sites for hydroxylation is 1. The number of benzene rings is 3. The molecule has 0 aliphatic rings. The normalized spacial score (nSPS) is 11.9. The van der Waals surface area contributed by atoms with Crippen LogP contribution in [0.3, 0.4) is 0 Å². The van der Waals surface area contributed by atoms with E-state index in [0.29, 0.717) is 12.2 Å². The van der Waals surface area contributed by atoms with Crippen molar-refractivity contribution >= 4 is 44.0 Å². The average molecular weight is 531 g/mol. The van der Waals surface area contributed by atoms with Crippen molar-refractivity contribution in [1.29, 1.82) is 5.41 Å². The largest absolute Gasteiger partial charge is 0.443 e. The predicted octanol–water partition coefficient (Wildman–Crippen LogP) is 6.77. The van der Waals surface area contributed by atoms with Crippen LogP contribution in [0.1, 0.15) is 31.9 Å². The minimum absolute atomic E-state index is 0.389. The van der Waals surface area contributed by atoms with Crippen molar-refractivity contribution in [2.75, 3.05) is 0 Å². The third-order valence-electron chi connectivity index (χ3n) is 6.03. The van der Waals surface area contributed by atoms with Gasteiger partial charge in [0.1, 0.15) is 5.60 Å². The number of nitrogens with one attached hydrogen (secondary N) is 1. The molecule has 2 heterocycles. The summed E-state index contributed by atoms with van der Waals surface area (Å²) in [5.41, 5.74) is 5.67. The zero-order chi connectivity index (χ0) is 24.9. The zero-order valence-corrected chi connectivity index (χ0v) is 21.8. The highest BCUT2D eigenvalue weighted by molar-refractivity contribution is 9.10. The first-order valence-electron chi connectivity index (χ1n) is 11.5. The lowest BCUT2D eigenvalue weighted by molar-refractivity contribution is 0.0544. The van der Waals surface area contributed by atoms with Gasteiger partial charge < -0.3 is 9.30 Å². The molecule has 0 spiro atoms. The number of fused-ring (bicyclic) bond motifs is 2. The van der Waals surface area contributed by atoms with Crippen LogP contribution in [0.2, 0.25) is 0 Å². The van der Waals surface area contributed by atoms with Gasteiger partial charge in [-0.2, -0.15) is 0 Å². The maximum Gasteiger partial charge on any atom is 0.418 e. The number of rotatable bonds is 3. The topological polar surface area (TPSA) is 64.9 Å². The molecule has 0 saturated carbocycles. The Labute approximate surface area is 212 Å². The van der Waals surface area contributed by atoms with Crippen LogP contribution in [0.5, 0.6) is 0 Å². The fourth-order valence-electron chi connectivity index (χ4n) is 4.50. The third kappa shape index (κ3) is 4.21. The van der Waals surface area contributed by atoms with E-state index in [1.54, 1.807) is 10.8 Å². The molecule has 3 aromatic carbocycles. The summed E-state index contributed by atoms with van der Waals surface area (Å²) in [5, 5.41) is 10.1. The standard InChI is InChI=1S/C28H27BrN4O2/c1-18-7-5-10-24-25(18)33(21-13-11-20(29)12-14-21)26(30)32(24)17-19-8-6-9-23-22(19)15-16-31(23)27(34)35-28(2,3)4/h5-16,30H,17H2,1-4H3. The van der Waals surface area contributed by atoms with E-state index < -0.39 is 11.7 Å². The number of carbonyl (C=O) groups is 1. The summed E-state index contributed by atoms with van der Waals surface area (Å²) in [7, 11) is 0. The molecule has 0 radical (unpaired) electrons. The van der Waals surface area contributed by atoms with E-state index >= 15 is 0 Å². The van der Waals surface area contributed by atoms with Crippen LogP contribution in [0.25, 0.3) is 27.6 Å². The molecule has 0 aliphatic heterocycles. The molecule has 178 valence electrons. The van der Waals surface area contributed by atoms with Gasteiger partial charge in [-0.05, 0) is 81.3 Å². The van der Waals surface area contributed by atoms with Crippen LogP contribution in [0, 0.1) is 12.3 Å². The minimum atomic E-state index is -0.575. The van der Waals surface area contributed by atoms with Gasteiger partial charge in [-0.15, -0.1) is 0 Å². The lowest BCUT2D eigenvalue weighted by Crippen LogP contribution is -2.26. The molecule has 5 aromatic rings. The number of imidazole rings is 1. The monoisotopic (exact) mass is 530 g/mol. The Morgan fingerprint density at radius 1 is 0.971 bits per heavy atom. The fraction of sp³-hybridized carbons (Fsp3) is 0.214. The molecule has 0 atom stereocenters. The van der Waals surface area contributed by atoms with Gasteiger partial charge in [-0.1, -0.05) is 40.2 Å². The molecule has 5 rings (SSSR count). The smallest absolute Gasteiger partial charge is 0.418 e. The highest BCUT2D eigenvalue weighted by Gasteiger charge is 2.20. The van der Waals surface area contributed by atoms with Crippen LogP contribution >= 0.6 is 15.9 Å². The Kier molecular flexibility index (Phi) is 5.68. The first-order chi connectivity index (χ1) is 16.6. The molecule has 2 aromatic heterocycles. The summed E-state index contributed by atoms with van der Waals surface area (Å²) in [4.78, 5) is 12.8. The van der Waals surface area contributed by atoms with Crippen molar-refractivity contribution in [3.8, 4) is 5.69 Å². The molecule has 0 unspecified atom stereocenters. The summed E-state index contributed by atoms with van der Waals surface area (Å²) in [5.74, 6) is 0. The van der Waals surface area contributed by atoms with E-state index in [-0.39, 0.29) is 0 Å². The van der Waals surface area contributed by atoms with Gasteiger partial charge in [0.2, 0.25) is 5.62 Å². The van der Waals surface area contributed by atoms with Crippen molar-refractivity contribution in [3.63, 3.8) is 0 Å². The van der Waals surface area contributed by atoms with E-state index in [1.165, 1.54) is 0 Å². The van der Waals surface area contributed by atoms with Crippen molar-refractivity contribution in [2.45, 2.75) is 39.8 Å². The zero-order valence-electron chi connectivity index (χ0n) is 20.2. The predicted molar refractivity (Wildman–Crippen MR) is 142 cm³/mol. The second kappa shape index (κ2) is 8.57. The summed E-state index contributed by atoms with van der Waals surface area (Å²) < 4.78 is 12.1. The Hall–Kier alpha value is -3.58. The number of carbonyl (C=O) groups excluding carboxylic acids is 1. The average Bonchev–Trinajstić information content (AvgIpc) is 3.35. The Morgan fingerprint density at radius 2 is 1.66 bits per heavy atom. The van der Waals surface area contributed by atoms with E-state index in [1.807, 2.05) is 84.5 Å². The molecule has 7 heteroatoms. The fourth-order valence-corrected chi connectivity index (χ4v) is 4.77. The third-order valence-corrected chi connectivity index (χ3v) is 6.55. The molecule has 1 N–H and O–H groups in total. The van der Waals surface area contributed by atoms with Gasteiger partial charge in [-0.25, -0.2) is 4.79 Å². The number of nitrogens with zero attached hydrogens (tertiary/aromatic N) is 3. The van der Waals surface area contributed by atoms with E-state index in [4.69, 9.17) is 10.1 Å². The minimum Gasteiger partial charge on any atom is -0.443 e. The Bertz CT molecular complexity index is 1630. The number of hydrogen-bond donors (Lipinski definition) is 1. The van der Waals surface area contributed by atoms with Crippen LogP contribution in [0.15, 0.2) is 77.4 Å². The first-order valence-corrected chi connectivity index (χ1v) is 12.3. The highest BCUT2D eigenvalue weighted by atomic mass is 79.9. The number of para-hydroxylation sites is 1. The summed E-state index contributed by atoms with van der Waals surface area (Å²) in [6.07, 6.45) is 1.35. The lowest BCUT2D eigenvalue weighted by atomic mass is 10.1. The Morgan fingerprint density at radius 3 is 2.37 bits per heavy atom.